The van der Waals surface area contributed by atoms with Gasteiger partial charge in [-0.25, -0.2) is 0 Å². The van der Waals surface area contributed by atoms with Crippen LogP contribution in [-0.4, -0.2) is 84.2 Å². The molecule has 7 nitrogen and oxygen atoms in total. The largest absolute Gasteiger partial charge is 0.497 e. The van der Waals surface area contributed by atoms with E-state index in [4.69, 9.17) is 14.2 Å². The predicted molar refractivity (Wildman–Crippen MR) is 133 cm³/mol. The minimum atomic E-state index is 0. The van der Waals surface area contributed by atoms with Gasteiger partial charge < -0.3 is 29.3 Å². The lowest BCUT2D eigenvalue weighted by Gasteiger charge is -2.37. The average molecular weight is 532 g/mol. The summed E-state index contributed by atoms with van der Waals surface area (Å²) in [6.07, 6.45) is 3.26. The number of guanidine groups is 1. The first-order chi connectivity index (χ1) is 14.3. The van der Waals surface area contributed by atoms with E-state index in [-0.39, 0.29) is 24.0 Å². The third-order valence-corrected chi connectivity index (χ3v) is 5.67. The SMILES string of the molecule is CN=C(NCCCOCC1CCOCC1)N1CCN(c2ccc(OC)cc2)CC1.I. The van der Waals surface area contributed by atoms with Gasteiger partial charge in [0.25, 0.3) is 0 Å². The molecule has 170 valence electrons. The quantitative estimate of drug-likeness (QED) is 0.241. The molecular weight excluding hydrogens is 495 g/mol. The Morgan fingerprint density at radius 3 is 2.47 bits per heavy atom. The van der Waals surface area contributed by atoms with E-state index < -0.39 is 0 Å². The van der Waals surface area contributed by atoms with Crippen LogP contribution in [0.1, 0.15) is 19.3 Å². The summed E-state index contributed by atoms with van der Waals surface area (Å²) in [7, 11) is 3.56. The first-order valence-electron chi connectivity index (χ1n) is 10.8. The number of ether oxygens (including phenoxy) is 3. The number of hydrogen-bond donors (Lipinski definition) is 1. The molecule has 0 aromatic heterocycles. The molecule has 2 heterocycles. The molecule has 0 radical (unpaired) electrons. The van der Waals surface area contributed by atoms with Crippen LogP contribution < -0.4 is 15.0 Å². The van der Waals surface area contributed by atoms with E-state index >= 15 is 0 Å². The minimum Gasteiger partial charge on any atom is -0.497 e. The molecule has 3 rings (SSSR count). The number of halogens is 1. The molecule has 0 unspecified atom stereocenters. The summed E-state index contributed by atoms with van der Waals surface area (Å²) in [5, 5.41) is 3.49. The number of aliphatic imine (C=N–C) groups is 1. The Hall–Kier alpha value is -1.26. The molecule has 30 heavy (non-hydrogen) atoms. The maximum atomic E-state index is 5.85. The molecule has 2 saturated heterocycles. The topological polar surface area (TPSA) is 58.6 Å². The Balaban J connectivity index is 0.00000320. The minimum absolute atomic E-state index is 0. The normalized spacial score (nSPS) is 18.1. The third kappa shape index (κ3) is 7.77. The lowest BCUT2D eigenvalue weighted by atomic mass is 10.0. The van der Waals surface area contributed by atoms with Gasteiger partial charge in [-0.05, 0) is 49.4 Å². The van der Waals surface area contributed by atoms with Gasteiger partial charge in [-0.2, -0.15) is 0 Å². The van der Waals surface area contributed by atoms with Gasteiger partial charge in [0.1, 0.15) is 5.75 Å². The van der Waals surface area contributed by atoms with Crippen molar-refractivity contribution < 1.29 is 14.2 Å². The van der Waals surface area contributed by atoms with Crippen molar-refractivity contribution in [3.63, 3.8) is 0 Å². The van der Waals surface area contributed by atoms with Crippen molar-refractivity contribution in [1.29, 1.82) is 0 Å². The number of anilines is 1. The van der Waals surface area contributed by atoms with Crippen LogP contribution in [-0.2, 0) is 9.47 Å². The highest BCUT2D eigenvalue weighted by Gasteiger charge is 2.19. The summed E-state index contributed by atoms with van der Waals surface area (Å²) in [5.41, 5.74) is 1.25. The molecule has 0 amide bonds. The van der Waals surface area contributed by atoms with E-state index in [0.29, 0.717) is 5.92 Å². The molecule has 2 fully saturated rings. The molecule has 0 aliphatic carbocycles. The van der Waals surface area contributed by atoms with Crippen molar-refractivity contribution in [2.45, 2.75) is 19.3 Å². The van der Waals surface area contributed by atoms with Crippen LogP contribution in [0.15, 0.2) is 29.3 Å². The van der Waals surface area contributed by atoms with Crippen molar-refractivity contribution in [1.82, 2.24) is 10.2 Å². The zero-order valence-corrected chi connectivity index (χ0v) is 20.7. The van der Waals surface area contributed by atoms with Crippen LogP contribution in [0.3, 0.4) is 0 Å². The van der Waals surface area contributed by atoms with Crippen LogP contribution in [0.2, 0.25) is 0 Å². The zero-order valence-electron chi connectivity index (χ0n) is 18.3. The van der Waals surface area contributed by atoms with Crippen LogP contribution in [0.4, 0.5) is 5.69 Å². The molecule has 8 heteroatoms. The Morgan fingerprint density at radius 2 is 1.83 bits per heavy atom. The molecular formula is C22H37IN4O3. The summed E-state index contributed by atoms with van der Waals surface area (Å²) in [5.74, 6) is 2.56. The summed E-state index contributed by atoms with van der Waals surface area (Å²) in [4.78, 5) is 9.21. The Kier molecular flexibility index (Phi) is 11.6. The van der Waals surface area contributed by atoms with Crippen molar-refractivity contribution in [2.75, 3.05) is 78.2 Å². The van der Waals surface area contributed by atoms with Gasteiger partial charge in [-0.15, -0.1) is 24.0 Å². The lowest BCUT2D eigenvalue weighted by Crippen LogP contribution is -2.52. The number of piperazine rings is 1. The number of rotatable bonds is 8. The molecule has 0 spiro atoms. The lowest BCUT2D eigenvalue weighted by molar-refractivity contribution is 0.0203. The van der Waals surface area contributed by atoms with E-state index in [0.717, 1.165) is 90.1 Å². The highest BCUT2D eigenvalue weighted by atomic mass is 127. The summed E-state index contributed by atoms with van der Waals surface area (Å²) in [6.45, 7) is 8.23. The molecule has 1 aromatic rings. The van der Waals surface area contributed by atoms with Gasteiger partial charge in [-0.3, -0.25) is 4.99 Å². The monoisotopic (exact) mass is 532 g/mol. The number of methoxy groups -OCH3 is 1. The maximum absolute atomic E-state index is 5.85. The molecule has 1 aromatic carbocycles. The summed E-state index contributed by atoms with van der Waals surface area (Å²) < 4.78 is 16.5. The number of nitrogens with one attached hydrogen (secondary N) is 1. The van der Waals surface area contributed by atoms with E-state index in [1.165, 1.54) is 5.69 Å². The van der Waals surface area contributed by atoms with Crippen LogP contribution in [0.25, 0.3) is 0 Å². The Morgan fingerprint density at radius 1 is 1.13 bits per heavy atom. The van der Waals surface area contributed by atoms with Crippen LogP contribution in [0.5, 0.6) is 5.75 Å². The van der Waals surface area contributed by atoms with E-state index in [1.54, 1.807) is 7.11 Å². The van der Waals surface area contributed by atoms with Gasteiger partial charge in [0, 0.05) is 71.9 Å². The fourth-order valence-electron chi connectivity index (χ4n) is 3.84. The smallest absolute Gasteiger partial charge is 0.193 e. The number of benzene rings is 1. The van der Waals surface area contributed by atoms with Crippen molar-refractivity contribution in [3.8, 4) is 5.75 Å². The highest BCUT2D eigenvalue weighted by molar-refractivity contribution is 14.0. The first kappa shape index (κ1) is 25.0. The third-order valence-electron chi connectivity index (χ3n) is 5.67. The van der Waals surface area contributed by atoms with Gasteiger partial charge in [0.15, 0.2) is 5.96 Å². The van der Waals surface area contributed by atoms with Gasteiger partial charge >= 0.3 is 0 Å². The predicted octanol–water partition coefficient (Wildman–Crippen LogP) is 2.84. The van der Waals surface area contributed by atoms with Gasteiger partial charge in [0.2, 0.25) is 0 Å². The molecule has 1 N–H and O–H groups in total. The van der Waals surface area contributed by atoms with E-state index in [2.05, 4.69) is 32.2 Å². The first-order valence-corrected chi connectivity index (χ1v) is 10.8. The second kappa shape index (κ2) is 13.9. The fourth-order valence-corrected chi connectivity index (χ4v) is 3.84. The van der Waals surface area contributed by atoms with Crippen molar-refractivity contribution in [3.05, 3.63) is 24.3 Å². The highest BCUT2D eigenvalue weighted by Crippen LogP contribution is 2.20. The van der Waals surface area contributed by atoms with Crippen molar-refractivity contribution >= 4 is 35.6 Å². The molecule has 2 aliphatic heterocycles. The van der Waals surface area contributed by atoms with Gasteiger partial charge in [-0.1, -0.05) is 0 Å². The fraction of sp³-hybridized carbons (Fsp3) is 0.682. The summed E-state index contributed by atoms with van der Waals surface area (Å²) >= 11 is 0. The molecule has 0 atom stereocenters. The second-order valence-corrected chi connectivity index (χ2v) is 7.63. The van der Waals surface area contributed by atoms with Crippen LogP contribution in [0, 0.1) is 5.92 Å². The van der Waals surface area contributed by atoms with Crippen LogP contribution >= 0.6 is 24.0 Å². The molecule has 0 bridgehead atoms. The number of nitrogens with zero attached hydrogens (tertiary/aromatic N) is 3. The van der Waals surface area contributed by atoms with E-state index in [9.17, 15) is 0 Å². The maximum Gasteiger partial charge on any atom is 0.193 e. The average Bonchev–Trinajstić information content (AvgIpc) is 2.79. The Bertz CT molecular complexity index is 615. The van der Waals surface area contributed by atoms with Gasteiger partial charge in [0.05, 0.1) is 7.11 Å². The second-order valence-electron chi connectivity index (χ2n) is 7.63. The zero-order chi connectivity index (χ0) is 20.3. The molecule has 0 saturated carbocycles. The van der Waals surface area contributed by atoms with E-state index in [1.807, 2.05) is 19.2 Å². The molecule has 2 aliphatic rings. The van der Waals surface area contributed by atoms with Crippen molar-refractivity contribution in [2.24, 2.45) is 10.9 Å². The Labute approximate surface area is 198 Å². The number of hydrogen-bond acceptors (Lipinski definition) is 5. The standard InChI is InChI=1S/C22H36N4O3.HI/c1-23-22(24-10-3-15-29-18-19-8-16-28-17-9-19)26-13-11-25(12-14-26)20-4-6-21(27-2)7-5-20;/h4-7,19H,3,8-18H2,1-2H3,(H,23,24);1H. The summed E-state index contributed by atoms with van der Waals surface area (Å²) in [6, 6.07) is 8.29.